The zero-order valence-corrected chi connectivity index (χ0v) is 17.9. The number of nitrogens with one attached hydrogen (secondary N) is 1. The van der Waals surface area contributed by atoms with Gasteiger partial charge in [-0.25, -0.2) is 4.79 Å². The summed E-state index contributed by atoms with van der Waals surface area (Å²) < 4.78 is 10.5. The Bertz CT molecular complexity index is 888. The van der Waals surface area contributed by atoms with Gasteiger partial charge in [-0.1, -0.05) is 29.8 Å². The van der Waals surface area contributed by atoms with Gasteiger partial charge in [0.25, 0.3) is 0 Å². The third-order valence-electron chi connectivity index (χ3n) is 4.99. The molecule has 1 aliphatic heterocycles. The van der Waals surface area contributed by atoms with E-state index in [9.17, 15) is 9.59 Å². The second-order valence-corrected chi connectivity index (χ2v) is 7.48. The van der Waals surface area contributed by atoms with E-state index in [2.05, 4.69) is 5.32 Å². The van der Waals surface area contributed by atoms with Crippen molar-refractivity contribution in [2.75, 3.05) is 40.4 Å². The molecule has 3 rings (SSSR count). The van der Waals surface area contributed by atoms with Gasteiger partial charge < -0.3 is 24.6 Å². The van der Waals surface area contributed by atoms with E-state index in [0.29, 0.717) is 49.1 Å². The van der Waals surface area contributed by atoms with Gasteiger partial charge in [0.2, 0.25) is 5.91 Å². The highest BCUT2D eigenvalue weighted by Crippen LogP contribution is 2.27. The fourth-order valence-corrected chi connectivity index (χ4v) is 3.47. The van der Waals surface area contributed by atoms with Crippen molar-refractivity contribution in [3.05, 3.63) is 58.6 Å². The van der Waals surface area contributed by atoms with Crippen LogP contribution in [0.1, 0.15) is 11.1 Å². The third-order valence-corrected chi connectivity index (χ3v) is 5.24. The van der Waals surface area contributed by atoms with E-state index in [1.54, 1.807) is 36.2 Å². The summed E-state index contributed by atoms with van der Waals surface area (Å²) in [6.45, 7) is 2.18. The average molecular weight is 432 g/mol. The Morgan fingerprint density at radius 1 is 1.00 bits per heavy atom. The maximum absolute atomic E-state index is 12.6. The maximum atomic E-state index is 12.6. The van der Waals surface area contributed by atoms with Crippen LogP contribution in [0.15, 0.2) is 42.5 Å². The summed E-state index contributed by atoms with van der Waals surface area (Å²) in [7, 11) is 3.18. The molecule has 8 heteroatoms. The Kier molecular flexibility index (Phi) is 7.41. The van der Waals surface area contributed by atoms with Crippen molar-refractivity contribution in [2.24, 2.45) is 0 Å². The predicted molar refractivity (Wildman–Crippen MR) is 115 cm³/mol. The molecule has 0 atom stereocenters. The van der Waals surface area contributed by atoms with Crippen molar-refractivity contribution in [3.8, 4) is 11.5 Å². The van der Waals surface area contributed by atoms with Crippen molar-refractivity contribution in [1.29, 1.82) is 0 Å². The highest BCUT2D eigenvalue weighted by atomic mass is 35.5. The molecule has 0 spiro atoms. The molecule has 3 amide bonds. The third kappa shape index (κ3) is 5.57. The number of hydrogen-bond donors (Lipinski definition) is 1. The highest BCUT2D eigenvalue weighted by Gasteiger charge is 2.29. The number of benzene rings is 2. The number of amides is 3. The summed E-state index contributed by atoms with van der Waals surface area (Å²) in [5.74, 6) is 1.16. The molecule has 0 bridgehead atoms. The van der Waals surface area contributed by atoms with E-state index >= 15 is 0 Å². The van der Waals surface area contributed by atoms with E-state index in [-0.39, 0.29) is 18.5 Å². The van der Waals surface area contributed by atoms with Crippen LogP contribution in [0.25, 0.3) is 0 Å². The lowest BCUT2D eigenvalue weighted by molar-refractivity contribution is -0.121. The van der Waals surface area contributed by atoms with E-state index in [1.165, 1.54) is 0 Å². The molecule has 30 heavy (non-hydrogen) atoms. The summed E-state index contributed by atoms with van der Waals surface area (Å²) in [5, 5.41) is 3.54. The maximum Gasteiger partial charge on any atom is 0.320 e. The lowest BCUT2D eigenvalue weighted by atomic mass is 10.1. The Morgan fingerprint density at radius 3 is 2.37 bits per heavy atom. The zero-order valence-electron chi connectivity index (χ0n) is 17.2. The van der Waals surface area contributed by atoms with Crippen LogP contribution in [0.3, 0.4) is 0 Å². The smallest absolute Gasteiger partial charge is 0.320 e. The number of rotatable bonds is 9. The summed E-state index contributed by atoms with van der Waals surface area (Å²) in [6, 6.07) is 13.0. The summed E-state index contributed by atoms with van der Waals surface area (Å²) in [5.41, 5.74) is 2.04. The van der Waals surface area contributed by atoms with Crippen molar-refractivity contribution in [2.45, 2.75) is 13.0 Å². The van der Waals surface area contributed by atoms with Gasteiger partial charge in [-0.15, -0.1) is 0 Å². The summed E-state index contributed by atoms with van der Waals surface area (Å²) >= 11 is 5.90. The molecule has 1 saturated heterocycles. The fraction of sp³-hybridized carbons (Fsp3) is 0.364. The fourth-order valence-electron chi connectivity index (χ4n) is 3.35. The number of methoxy groups -OCH3 is 2. The molecule has 1 N–H and O–H groups in total. The molecule has 0 radical (unpaired) electrons. The Morgan fingerprint density at radius 2 is 1.67 bits per heavy atom. The molecule has 1 heterocycles. The monoisotopic (exact) mass is 431 g/mol. The highest BCUT2D eigenvalue weighted by molar-refractivity contribution is 6.30. The van der Waals surface area contributed by atoms with Gasteiger partial charge in [-0.2, -0.15) is 0 Å². The molecule has 1 aliphatic rings. The second-order valence-electron chi connectivity index (χ2n) is 7.04. The zero-order chi connectivity index (χ0) is 21.5. The van der Waals surface area contributed by atoms with Gasteiger partial charge in [0, 0.05) is 31.2 Å². The molecule has 0 aromatic heterocycles. The molecule has 0 saturated carbocycles. The van der Waals surface area contributed by atoms with Gasteiger partial charge in [0.15, 0.2) is 11.5 Å². The summed E-state index contributed by atoms with van der Waals surface area (Å²) in [4.78, 5) is 28.1. The minimum Gasteiger partial charge on any atom is -0.493 e. The normalized spacial score (nSPS) is 13.5. The minimum absolute atomic E-state index is 0.0574. The molecule has 2 aromatic rings. The first kappa shape index (κ1) is 21.8. The van der Waals surface area contributed by atoms with Crippen LogP contribution in [0.2, 0.25) is 5.02 Å². The lowest BCUT2D eigenvalue weighted by Crippen LogP contribution is -2.40. The minimum atomic E-state index is -0.169. The Balaban J connectivity index is 1.44. The molecule has 160 valence electrons. The van der Waals surface area contributed by atoms with E-state index in [4.69, 9.17) is 21.1 Å². The van der Waals surface area contributed by atoms with Crippen LogP contribution >= 0.6 is 11.6 Å². The van der Waals surface area contributed by atoms with Gasteiger partial charge in [0.1, 0.15) is 6.54 Å². The molecule has 1 fully saturated rings. The number of hydrogen-bond acceptors (Lipinski definition) is 4. The van der Waals surface area contributed by atoms with Crippen LogP contribution in [-0.2, 0) is 17.8 Å². The van der Waals surface area contributed by atoms with E-state index in [0.717, 1.165) is 11.1 Å². The number of carbonyl (C=O) groups excluding carboxylic acids is 2. The average Bonchev–Trinajstić information content (AvgIpc) is 3.08. The molecule has 0 unspecified atom stereocenters. The quantitative estimate of drug-likeness (QED) is 0.662. The first-order valence-electron chi connectivity index (χ1n) is 9.76. The van der Waals surface area contributed by atoms with Crippen molar-refractivity contribution >= 4 is 23.5 Å². The van der Waals surface area contributed by atoms with Gasteiger partial charge in [-0.05, 0) is 41.8 Å². The number of carbonyl (C=O) groups is 2. The van der Waals surface area contributed by atoms with Crippen molar-refractivity contribution < 1.29 is 19.1 Å². The first-order chi connectivity index (χ1) is 14.5. The van der Waals surface area contributed by atoms with Gasteiger partial charge in [-0.3, -0.25) is 4.79 Å². The largest absolute Gasteiger partial charge is 0.493 e. The number of ether oxygens (including phenoxy) is 2. The molecular formula is C22H26ClN3O4. The number of nitrogens with zero attached hydrogens (tertiary/aromatic N) is 2. The SMILES string of the molecule is COc1ccc(CCNC(=O)CN2CCN(Cc3ccc(Cl)cc3)C2=O)cc1OC. The van der Waals surface area contributed by atoms with Crippen LogP contribution < -0.4 is 14.8 Å². The lowest BCUT2D eigenvalue weighted by Gasteiger charge is -2.18. The van der Waals surface area contributed by atoms with Crippen LogP contribution in [0, 0.1) is 0 Å². The molecule has 2 aromatic carbocycles. The van der Waals surface area contributed by atoms with E-state index in [1.807, 2.05) is 30.3 Å². The number of halogens is 1. The topological polar surface area (TPSA) is 71.1 Å². The van der Waals surface area contributed by atoms with E-state index < -0.39 is 0 Å². The van der Waals surface area contributed by atoms with Gasteiger partial charge >= 0.3 is 6.03 Å². The van der Waals surface area contributed by atoms with Crippen LogP contribution in [0.5, 0.6) is 11.5 Å². The van der Waals surface area contributed by atoms with Crippen molar-refractivity contribution in [3.63, 3.8) is 0 Å². The first-order valence-corrected chi connectivity index (χ1v) is 10.1. The number of urea groups is 1. The van der Waals surface area contributed by atoms with Crippen molar-refractivity contribution in [1.82, 2.24) is 15.1 Å². The van der Waals surface area contributed by atoms with Crippen LogP contribution in [-0.4, -0.2) is 62.1 Å². The Labute approximate surface area is 181 Å². The molecule has 7 nitrogen and oxygen atoms in total. The summed E-state index contributed by atoms with van der Waals surface area (Å²) in [6.07, 6.45) is 0.655. The van der Waals surface area contributed by atoms with Crippen LogP contribution in [0.4, 0.5) is 4.79 Å². The second kappa shape index (κ2) is 10.2. The van der Waals surface area contributed by atoms with Gasteiger partial charge in [0.05, 0.1) is 14.2 Å². The molecular weight excluding hydrogens is 406 g/mol. The molecule has 0 aliphatic carbocycles. The standard InChI is InChI=1S/C22H26ClN3O4/c1-29-19-8-5-16(13-20(19)30-2)9-10-24-21(27)15-26-12-11-25(22(26)28)14-17-3-6-18(23)7-4-17/h3-8,13H,9-12,14-15H2,1-2H3,(H,24,27). The Hall–Kier alpha value is -2.93. The predicted octanol–water partition coefficient (Wildman–Crippen LogP) is 2.95.